The first-order chi connectivity index (χ1) is 9.11. The zero-order chi connectivity index (χ0) is 13.4. The van der Waals surface area contributed by atoms with Gasteiger partial charge in [-0.05, 0) is 50.1 Å². The Hall–Kier alpha value is -1.13. The molecule has 2 bridgehead atoms. The van der Waals surface area contributed by atoms with Gasteiger partial charge in [0.15, 0.2) is 0 Å². The first-order valence-electron chi connectivity index (χ1n) is 7.11. The van der Waals surface area contributed by atoms with E-state index >= 15 is 0 Å². The number of rotatable bonds is 2. The molecule has 2 atom stereocenters. The smallest absolute Gasteiger partial charge is 0.125 e. The monoisotopic (exact) mass is 263 g/mol. The van der Waals surface area contributed by atoms with Gasteiger partial charge in [-0.25, -0.2) is 4.39 Å². The molecule has 2 aliphatic rings. The van der Waals surface area contributed by atoms with Crippen molar-refractivity contribution in [1.82, 2.24) is 9.80 Å². The lowest BCUT2D eigenvalue weighted by Crippen LogP contribution is -2.36. The number of nitrogen functional groups attached to an aromatic ring is 1. The lowest BCUT2D eigenvalue weighted by molar-refractivity contribution is 0.214. The highest BCUT2D eigenvalue weighted by Gasteiger charge is 2.34. The SMILES string of the molecule is CN1C2CCC1CN(Cc1cc(N)cc(F)c1)CC2. The minimum Gasteiger partial charge on any atom is -0.399 e. The molecule has 0 radical (unpaired) electrons. The van der Waals surface area contributed by atoms with Crippen LogP contribution in [0.25, 0.3) is 0 Å². The molecule has 0 amide bonds. The van der Waals surface area contributed by atoms with Gasteiger partial charge in [-0.15, -0.1) is 0 Å². The summed E-state index contributed by atoms with van der Waals surface area (Å²) in [6.07, 6.45) is 3.85. The largest absolute Gasteiger partial charge is 0.399 e. The van der Waals surface area contributed by atoms with Gasteiger partial charge in [-0.2, -0.15) is 0 Å². The number of benzene rings is 1. The Morgan fingerprint density at radius 2 is 2.00 bits per heavy atom. The Balaban J connectivity index is 1.70. The summed E-state index contributed by atoms with van der Waals surface area (Å²) in [7, 11) is 2.24. The Kier molecular flexibility index (Phi) is 3.46. The van der Waals surface area contributed by atoms with E-state index < -0.39 is 0 Å². The Morgan fingerprint density at radius 3 is 2.79 bits per heavy atom. The zero-order valence-electron chi connectivity index (χ0n) is 11.5. The second kappa shape index (κ2) is 5.10. The molecule has 4 heteroatoms. The first-order valence-corrected chi connectivity index (χ1v) is 7.11. The predicted octanol–water partition coefficient (Wildman–Crippen LogP) is 2.08. The molecule has 2 unspecified atom stereocenters. The molecule has 2 saturated heterocycles. The predicted molar refractivity (Wildman–Crippen MR) is 75.3 cm³/mol. The van der Waals surface area contributed by atoms with Crippen LogP contribution in [0.4, 0.5) is 10.1 Å². The maximum Gasteiger partial charge on any atom is 0.125 e. The van der Waals surface area contributed by atoms with E-state index in [2.05, 4.69) is 16.8 Å². The second-order valence-electron chi connectivity index (χ2n) is 5.97. The van der Waals surface area contributed by atoms with Crippen LogP contribution in [-0.4, -0.2) is 42.0 Å². The quantitative estimate of drug-likeness (QED) is 0.829. The summed E-state index contributed by atoms with van der Waals surface area (Å²) in [4.78, 5) is 4.97. The van der Waals surface area contributed by atoms with E-state index in [1.807, 2.05) is 6.07 Å². The van der Waals surface area contributed by atoms with Crippen LogP contribution in [0.2, 0.25) is 0 Å². The van der Waals surface area contributed by atoms with Gasteiger partial charge in [0.25, 0.3) is 0 Å². The third kappa shape index (κ3) is 2.74. The molecular weight excluding hydrogens is 241 g/mol. The van der Waals surface area contributed by atoms with Crippen molar-refractivity contribution >= 4 is 5.69 Å². The van der Waals surface area contributed by atoms with Gasteiger partial charge in [-0.3, -0.25) is 9.80 Å². The fourth-order valence-electron chi connectivity index (χ4n) is 3.55. The molecule has 1 aromatic carbocycles. The lowest BCUT2D eigenvalue weighted by Gasteiger charge is -2.25. The van der Waals surface area contributed by atoms with Crippen molar-refractivity contribution < 1.29 is 4.39 Å². The molecular formula is C15H22FN3. The minimum absolute atomic E-state index is 0.233. The Bertz CT molecular complexity index is 442. The van der Waals surface area contributed by atoms with Gasteiger partial charge in [0.1, 0.15) is 5.82 Å². The van der Waals surface area contributed by atoms with Crippen molar-refractivity contribution in [3.8, 4) is 0 Å². The molecule has 0 saturated carbocycles. The molecule has 104 valence electrons. The van der Waals surface area contributed by atoms with E-state index in [0.717, 1.165) is 31.2 Å². The third-order valence-electron chi connectivity index (χ3n) is 4.62. The molecule has 2 aliphatic heterocycles. The van der Waals surface area contributed by atoms with Crippen LogP contribution in [-0.2, 0) is 6.54 Å². The number of halogens is 1. The van der Waals surface area contributed by atoms with Crippen LogP contribution in [0.3, 0.4) is 0 Å². The molecule has 19 heavy (non-hydrogen) atoms. The van der Waals surface area contributed by atoms with E-state index in [-0.39, 0.29) is 5.82 Å². The van der Waals surface area contributed by atoms with E-state index in [9.17, 15) is 4.39 Å². The highest BCUT2D eigenvalue weighted by Crippen LogP contribution is 2.29. The second-order valence-corrected chi connectivity index (χ2v) is 5.97. The van der Waals surface area contributed by atoms with Gasteiger partial charge in [0.05, 0.1) is 0 Å². The average molecular weight is 263 g/mol. The minimum atomic E-state index is -0.233. The molecule has 1 aromatic rings. The molecule has 0 aromatic heterocycles. The van der Waals surface area contributed by atoms with Crippen molar-refractivity contribution in [3.05, 3.63) is 29.6 Å². The number of hydrogen-bond acceptors (Lipinski definition) is 3. The van der Waals surface area contributed by atoms with Crippen molar-refractivity contribution in [2.45, 2.75) is 37.9 Å². The van der Waals surface area contributed by atoms with Crippen molar-refractivity contribution in [2.75, 3.05) is 25.9 Å². The summed E-state index contributed by atoms with van der Waals surface area (Å²) in [5.74, 6) is -0.233. The van der Waals surface area contributed by atoms with E-state index in [1.54, 1.807) is 6.07 Å². The van der Waals surface area contributed by atoms with E-state index in [1.165, 1.54) is 25.3 Å². The molecule has 2 fully saturated rings. The maximum absolute atomic E-state index is 13.4. The number of anilines is 1. The van der Waals surface area contributed by atoms with Crippen LogP contribution in [0, 0.1) is 5.82 Å². The van der Waals surface area contributed by atoms with E-state index in [4.69, 9.17) is 5.73 Å². The standard InChI is InChI=1S/C15H22FN3/c1-18-14-2-3-15(18)10-19(5-4-14)9-11-6-12(16)8-13(17)7-11/h6-8,14-15H,2-5,9-10,17H2,1H3. The number of fused-ring (bicyclic) bond motifs is 2. The zero-order valence-corrected chi connectivity index (χ0v) is 11.5. The van der Waals surface area contributed by atoms with Crippen LogP contribution < -0.4 is 5.73 Å². The molecule has 3 nitrogen and oxygen atoms in total. The summed E-state index contributed by atoms with van der Waals surface area (Å²) in [5.41, 5.74) is 7.21. The summed E-state index contributed by atoms with van der Waals surface area (Å²) in [6.45, 7) is 2.99. The fourth-order valence-corrected chi connectivity index (χ4v) is 3.55. The highest BCUT2D eigenvalue weighted by molar-refractivity contribution is 5.41. The molecule has 0 spiro atoms. The van der Waals surface area contributed by atoms with Gasteiger partial charge in [0, 0.05) is 37.4 Å². The highest BCUT2D eigenvalue weighted by atomic mass is 19.1. The van der Waals surface area contributed by atoms with Gasteiger partial charge >= 0.3 is 0 Å². The topological polar surface area (TPSA) is 32.5 Å². The van der Waals surface area contributed by atoms with Gasteiger partial charge in [0.2, 0.25) is 0 Å². The summed E-state index contributed by atoms with van der Waals surface area (Å²) in [5, 5.41) is 0. The van der Waals surface area contributed by atoms with Crippen LogP contribution in [0.15, 0.2) is 18.2 Å². The normalized spacial score (nSPS) is 28.5. The number of hydrogen-bond donors (Lipinski definition) is 1. The summed E-state index contributed by atoms with van der Waals surface area (Å²) in [6, 6.07) is 6.27. The maximum atomic E-state index is 13.4. The first kappa shape index (κ1) is 12.9. The van der Waals surface area contributed by atoms with E-state index in [0.29, 0.717) is 11.7 Å². The molecule has 0 aliphatic carbocycles. The number of nitrogens with two attached hydrogens (primary N) is 1. The van der Waals surface area contributed by atoms with Crippen LogP contribution in [0.1, 0.15) is 24.8 Å². The fraction of sp³-hybridized carbons (Fsp3) is 0.600. The number of likely N-dealkylation sites (N-methyl/N-ethyl adjacent to an activating group) is 1. The summed E-state index contributed by atoms with van der Waals surface area (Å²) < 4.78 is 13.4. The average Bonchev–Trinajstić information content (AvgIpc) is 2.56. The van der Waals surface area contributed by atoms with Crippen molar-refractivity contribution in [2.24, 2.45) is 0 Å². The Labute approximate surface area is 114 Å². The Morgan fingerprint density at radius 1 is 1.21 bits per heavy atom. The van der Waals surface area contributed by atoms with Gasteiger partial charge in [-0.1, -0.05) is 0 Å². The third-order valence-corrected chi connectivity index (χ3v) is 4.62. The molecule has 3 rings (SSSR count). The van der Waals surface area contributed by atoms with Gasteiger partial charge < -0.3 is 5.73 Å². The van der Waals surface area contributed by atoms with Crippen molar-refractivity contribution in [1.29, 1.82) is 0 Å². The van der Waals surface area contributed by atoms with Crippen LogP contribution in [0.5, 0.6) is 0 Å². The molecule has 2 heterocycles. The van der Waals surface area contributed by atoms with Crippen LogP contribution >= 0.6 is 0 Å². The molecule has 2 N–H and O–H groups in total. The summed E-state index contributed by atoms with van der Waals surface area (Å²) >= 11 is 0. The van der Waals surface area contributed by atoms with Crippen molar-refractivity contribution in [3.63, 3.8) is 0 Å². The number of likely N-dealkylation sites (tertiary alicyclic amines) is 1. The lowest BCUT2D eigenvalue weighted by atomic mass is 10.1. The number of nitrogens with zero attached hydrogens (tertiary/aromatic N) is 2.